The Morgan fingerprint density at radius 3 is 2.08 bits per heavy atom. The Bertz CT molecular complexity index is 632. The van der Waals surface area contributed by atoms with Crippen LogP contribution in [0.5, 0.6) is 0 Å². The van der Waals surface area contributed by atoms with Gasteiger partial charge in [-0.25, -0.2) is 0 Å². The van der Waals surface area contributed by atoms with E-state index in [1.807, 2.05) is 0 Å². The van der Waals surface area contributed by atoms with Crippen LogP contribution >= 0.6 is 0 Å². The molecule has 0 spiro atoms. The minimum absolute atomic E-state index is 0.774. The van der Waals surface area contributed by atoms with Gasteiger partial charge in [-0.15, -0.1) is 0 Å². The van der Waals surface area contributed by atoms with E-state index >= 15 is 0 Å². The first-order chi connectivity index (χ1) is 12.4. The fourth-order valence-corrected chi connectivity index (χ4v) is 4.59. The molecule has 2 heterocycles. The number of benzene rings is 2. The third kappa shape index (κ3) is 4.50. The zero-order valence-corrected chi connectivity index (χ0v) is 15.2. The second-order valence-electron chi connectivity index (χ2n) is 7.86. The molecule has 132 valence electrons. The SMILES string of the molecule is c1ccc(CN2CC[C@@H](CN3CCC(c4ccccc4)CC3)C2)cc1. The van der Waals surface area contributed by atoms with Crippen molar-refractivity contribution in [2.45, 2.75) is 31.7 Å². The summed E-state index contributed by atoms with van der Waals surface area (Å²) < 4.78 is 0. The standard InChI is InChI=1S/C23H30N2/c1-3-7-20(8-4-1)17-25-14-11-21(19-25)18-24-15-12-23(13-16-24)22-9-5-2-6-10-22/h1-10,21,23H,11-19H2/t21-/m0/s1. The van der Waals surface area contributed by atoms with Crippen LogP contribution < -0.4 is 0 Å². The van der Waals surface area contributed by atoms with Gasteiger partial charge in [0, 0.05) is 19.6 Å². The molecule has 2 nitrogen and oxygen atoms in total. The second-order valence-corrected chi connectivity index (χ2v) is 7.86. The highest BCUT2D eigenvalue weighted by atomic mass is 15.2. The van der Waals surface area contributed by atoms with Gasteiger partial charge in [0.05, 0.1) is 0 Å². The largest absolute Gasteiger partial charge is 0.303 e. The van der Waals surface area contributed by atoms with E-state index in [0.29, 0.717) is 0 Å². The van der Waals surface area contributed by atoms with Gasteiger partial charge in [0.15, 0.2) is 0 Å². The van der Waals surface area contributed by atoms with E-state index in [2.05, 4.69) is 70.5 Å². The van der Waals surface area contributed by atoms with Crippen LogP contribution in [0.15, 0.2) is 60.7 Å². The topological polar surface area (TPSA) is 6.48 Å². The van der Waals surface area contributed by atoms with E-state index in [4.69, 9.17) is 0 Å². The molecule has 2 aliphatic rings. The fourth-order valence-electron chi connectivity index (χ4n) is 4.59. The minimum atomic E-state index is 0.774. The van der Waals surface area contributed by atoms with Gasteiger partial charge in [0.25, 0.3) is 0 Å². The Morgan fingerprint density at radius 2 is 1.36 bits per heavy atom. The third-order valence-electron chi connectivity index (χ3n) is 5.99. The monoisotopic (exact) mass is 334 g/mol. The molecule has 0 N–H and O–H groups in total. The van der Waals surface area contributed by atoms with Crippen molar-refractivity contribution in [2.75, 3.05) is 32.7 Å². The fraction of sp³-hybridized carbons (Fsp3) is 0.478. The summed E-state index contributed by atoms with van der Waals surface area (Å²) in [6, 6.07) is 22.0. The van der Waals surface area contributed by atoms with Gasteiger partial charge < -0.3 is 4.90 Å². The van der Waals surface area contributed by atoms with E-state index in [1.165, 1.54) is 63.1 Å². The maximum atomic E-state index is 2.72. The van der Waals surface area contributed by atoms with Crippen molar-refractivity contribution < 1.29 is 0 Å². The van der Waals surface area contributed by atoms with Gasteiger partial charge in [-0.05, 0) is 61.9 Å². The van der Waals surface area contributed by atoms with Crippen molar-refractivity contribution in [1.82, 2.24) is 9.80 Å². The molecule has 25 heavy (non-hydrogen) atoms. The highest BCUT2D eigenvalue weighted by Crippen LogP contribution is 2.29. The van der Waals surface area contributed by atoms with Gasteiger partial charge in [0.2, 0.25) is 0 Å². The summed E-state index contributed by atoms with van der Waals surface area (Å²) in [7, 11) is 0. The summed E-state index contributed by atoms with van der Waals surface area (Å²) in [6.07, 6.45) is 4.01. The first kappa shape index (κ1) is 16.8. The van der Waals surface area contributed by atoms with Crippen LogP contribution in [0.4, 0.5) is 0 Å². The number of likely N-dealkylation sites (tertiary alicyclic amines) is 2. The zero-order valence-electron chi connectivity index (χ0n) is 15.2. The summed E-state index contributed by atoms with van der Waals surface area (Å²) >= 11 is 0. The molecular formula is C23H30N2. The first-order valence-corrected chi connectivity index (χ1v) is 9.90. The number of rotatable bonds is 5. The van der Waals surface area contributed by atoms with Crippen LogP contribution in [0, 0.1) is 5.92 Å². The summed E-state index contributed by atoms with van der Waals surface area (Å²) in [5.74, 6) is 1.63. The summed E-state index contributed by atoms with van der Waals surface area (Å²) in [4.78, 5) is 5.35. The van der Waals surface area contributed by atoms with Crippen LogP contribution in [-0.2, 0) is 6.54 Å². The summed E-state index contributed by atoms with van der Waals surface area (Å²) in [5.41, 5.74) is 2.99. The van der Waals surface area contributed by atoms with Crippen molar-refractivity contribution in [1.29, 1.82) is 0 Å². The first-order valence-electron chi connectivity index (χ1n) is 9.90. The van der Waals surface area contributed by atoms with Crippen molar-refractivity contribution >= 4 is 0 Å². The predicted octanol–water partition coefficient (Wildman–Crippen LogP) is 4.39. The van der Waals surface area contributed by atoms with Crippen LogP contribution in [0.2, 0.25) is 0 Å². The molecule has 0 saturated carbocycles. The van der Waals surface area contributed by atoms with Crippen LogP contribution in [0.3, 0.4) is 0 Å². The molecule has 2 aromatic carbocycles. The van der Waals surface area contributed by atoms with Crippen LogP contribution in [0.1, 0.15) is 36.3 Å². The van der Waals surface area contributed by atoms with Gasteiger partial charge in [0.1, 0.15) is 0 Å². The zero-order chi connectivity index (χ0) is 16.9. The van der Waals surface area contributed by atoms with Crippen molar-refractivity contribution in [2.24, 2.45) is 5.92 Å². The Balaban J connectivity index is 1.22. The van der Waals surface area contributed by atoms with E-state index in [9.17, 15) is 0 Å². The maximum absolute atomic E-state index is 2.72. The molecule has 0 amide bonds. The van der Waals surface area contributed by atoms with Gasteiger partial charge in [-0.1, -0.05) is 60.7 Å². The van der Waals surface area contributed by atoms with E-state index in [0.717, 1.165) is 18.4 Å². The molecule has 0 unspecified atom stereocenters. The second kappa shape index (κ2) is 8.16. The molecule has 4 rings (SSSR count). The molecule has 2 aromatic rings. The lowest BCUT2D eigenvalue weighted by Crippen LogP contribution is -2.37. The van der Waals surface area contributed by atoms with E-state index < -0.39 is 0 Å². The van der Waals surface area contributed by atoms with Crippen LogP contribution in [-0.4, -0.2) is 42.5 Å². The minimum Gasteiger partial charge on any atom is -0.303 e. The number of piperidine rings is 1. The van der Waals surface area contributed by atoms with Gasteiger partial charge in [-0.3, -0.25) is 4.90 Å². The average Bonchev–Trinajstić information content (AvgIpc) is 3.11. The van der Waals surface area contributed by atoms with E-state index in [-0.39, 0.29) is 0 Å². The lowest BCUT2D eigenvalue weighted by Gasteiger charge is -2.33. The Kier molecular flexibility index (Phi) is 5.49. The normalized spacial score (nSPS) is 23.1. The Labute approximate surface area is 152 Å². The predicted molar refractivity (Wildman–Crippen MR) is 105 cm³/mol. The number of nitrogens with zero attached hydrogens (tertiary/aromatic N) is 2. The summed E-state index contributed by atoms with van der Waals surface area (Å²) in [5, 5.41) is 0. The average molecular weight is 335 g/mol. The molecule has 2 saturated heterocycles. The Hall–Kier alpha value is -1.64. The molecule has 2 aliphatic heterocycles. The molecular weight excluding hydrogens is 304 g/mol. The molecule has 0 aliphatic carbocycles. The van der Waals surface area contributed by atoms with Crippen molar-refractivity contribution in [3.63, 3.8) is 0 Å². The van der Waals surface area contributed by atoms with Crippen LogP contribution in [0.25, 0.3) is 0 Å². The molecule has 0 aromatic heterocycles. The maximum Gasteiger partial charge on any atom is 0.0233 e. The third-order valence-corrected chi connectivity index (χ3v) is 5.99. The highest BCUT2D eigenvalue weighted by Gasteiger charge is 2.27. The molecule has 0 radical (unpaired) electrons. The molecule has 2 fully saturated rings. The smallest absolute Gasteiger partial charge is 0.0233 e. The quantitative estimate of drug-likeness (QED) is 0.800. The molecule has 2 heteroatoms. The Morgan fingerprint density at radius 1 is 0.720 bits per heavy atom. The van der Waals surface area contributed by atoms with Crippen molar-refractivity contribution in [3.05, 3.63) is 71.8 Å². The van der Waals surface area contributed by atoms with Gasteiger partial charge in [-0.2, -0.15) is 0 Å². The highest BCUT2D eigenvalue weighted by molar-refractivity contribution is 5.20. The molecule has 1 atom stereocenters. The lowest BCUT2D eigenvalue weighted by atomic mass is 9.89. The number of hydrogen-bond donors (Lipinski definition) is 0. The van der Waals surface area contributed by atoms with Crippen molar-refractivity contribution in [3.8, 4) is 0 Å². The summed E-state index contributed by atoms with van der Waals surface area (Å²) in [6.45, 7) is 7.50. The molecule has 0 bridgehead atoms. The lowest BCUT2D eigenvalue weighted by molar-refractivity contribution is 0.181. The van der Waals surface area contributed by atoms with E-state index in [1.54, 1.807) is 0 Å². The number of hydrogen-bond acceptors (Lipinski definition) is 2. The van der Waals surface area contributed by atoms with Gasteiger partial charge >= 0.3 is 0 Å².